The van der Waals surface area contributed by atoms with E-state index in [9.17, 15) is 9.59 Å². The Morgan fingerprint density at radius 3 is 2.35 bits per heavy atom. The summed E-state index contributed by atoms with van der Waals surface area (Å²) in [6.07, 6.45) is 6.31. The summed E-state index contributed by atoms with van der Waals surface area (Å²) in [7, 11) is 1.60. The Hall–Kier alpha value is -1.36. The van der Waals surface area contributed by atoms with Crippen LogP contribution in [0.15, 0.2) is 11.6 Å². The minimum atomic E-state index is -0.546. The second-order valence-electron chi connectivity index (χ2n) is 7.95. The molecule has 1 aliphatic heterocycles. The van der Waals surface area contributed by atoms with E-state index in [4.69, 9.17) is 10.5 Å². The van der Waals surface area contributed by atoms with Crippen molar-refractivity contribution >= 4 is 11.8 Å². The molecule has 23 heavy (non-hydrogen) atoms. The van der Waals surface area contributed by atoms with E-state index in [0.717, 1.165) is 25.7 Å². The number of likely N-dealkylation sites (tertiary alicyclic amines) is 1. The first kappa shape index (κ1) is 18.0. The van der Waals surface area contributed by atoms with Gasteiger partial charge in [-0.3, -0.25) is 9.59 Å². The molecule has 1 aliphatic carbocycles. The van der Waals surface area contributed by atoms with Crippen molar-refractivity contribution in [1.82, 2.24) is 4.90 Å². The van der Waals surface area contributed by atoms with Crippen molar-refractivity contribution in [2.24, 2.45) is 17.1 Å². The van der Waals surface area contributed by atoms with Crippen LogP contribution in [-0.2, 0) is 14.3 Å². The zero-order chi connectivity index (χ0) is 17.2. The van der Waals surface area contributed by atoms with E-state index in [-0.39, 0.29) is 12.0 Å². The van der Waals surface area contributed by atoms with Crippen LogP contribution in [-0.4, -0.2) is 42.5 Å². The van der Waals surface area contributed by atoms with Gasteiger partial charge in [0.2, 0.25) is 11.8 Å². The van der Waals surface area contributed by atoms with Crippen molar-refractivity contribution in [3.8, 4) is 0 Å². The third kappa shape index (κ3) is 4.34. The second-order valence-corrected chi connectivity index (χ2v) is 7.95. The molecule has 0 unspecified atom stereocenters. The highest BCUT2D eigenvalue weighted by atomic mass is 16.5. The molecule has 5 nitrogen and oxygen atoms in total. The van der Waals surface area contributed by atoms with Crippen LogP contribution in [0.1, 0.15) is 52.9 Å². The average Bonchev–Trinajstić information content (AvgIpc) is 2.91. The van der Waals surface area contributed by atoms with Gasteiger partial charge >= 0.3 is 0 Å². The summed E-state index contributed by atoms with van der Waals surface area (Å²) in [6, 6.07) is -0.546. The lowest BCUT2D eigenvalue weighted by atomic mass is 9.71. The second kappa shape index (κ2) is 7.04. The first-order valence-corrected chi connectivity index (χ1v) is 8.54. The van der Waals surface area contributed by atoms with Crippen LogP contribution in [0.3, 0.4) is 0 Å². The maximum atomic E-state index is 12.6. The number of nitrogens with two attached hydrogens (primary N) is 1. The summed E-state index contributed by atoms with van der Waals surface area (Å²) in [4.78, 5) is 25.7. The summed E-state index contributed by atoms with van der Waals surface area (Å²) in [5, 5.41) is 0. The monoisotopic (exact) mass is 322 g/mol. The number of amides is 2. The lowest BCUT2D eigenvalue weighted by molar-refractivity contribution is -0.133. The average molecular weight is 322 g/mol. The summed E-state index contributed by atoms with van der Waals surface area (Å²) >= 11 is 0. The maximum Gasteiger partial charge on any atom is 0.247 e. The number of primary amides is 1. The summed E-state index contributed by atoms with van der Waals surface area (Å²) < 4.78 is 5.29. The van der Waals surface area contributed by atoms with Crippen molar-refractivity contribution in [2.45, 2.75) is 65.0 Å². The van der Waals surface area contributed by atoms with Crippen LogP contribution in [0, 0.1) is 11.3 Å². The van der Waals surface area contributed by atoms with Gasteiger partial charge < -0.3 is 15.4 Å². The molecule has 2 amide bonds. The molecule has 2 N–H and O–H groups in total. The third-order valence-corrected chi connectivity index (χ3v) is 5.39. The number of nitrogens with zero attached hydrogens (tertiary/aromatic N) is 1. The number of carbonyl (C=O) groups is 2. The SMILES string of the molecule is CO[C@H]1C[C@@H](C(N)=O)N(C(=O)C=C2CCC(C(C)(C)C)CC2)C1. The number of methoxy groups -OCH3 is 1. The molecule has 130 valence electrons. The van der Waals surface area contributed by atoms with Gasteiger partial charge in [0.05, 0.1) is 6.10 Å². The van der Waals surface area contributed by atoms with Gasteiger partial charge in [-0.25, -0.2) is 0 Å². The molecule has 1 heterocycles. The predicted molar refractivity (Wildman–Crippen MR) is 89.6 cm³/mol. The molecule has 2 fully saturated rings. The molecule has 0 radical (unpaired) electrons. The van der Waals surface area contributed by atoms with Gasteiger partial charge in [0, 0.05) is 26.2 Å². The van der Waals surface area contributed by atoms with Gasteiger partial charge in [0.1, 0.15) is 6.04 Å². The lowest BCUT2D eigenvalue weighted by Crippen LogP contribution is -2.43. The Morgan fingerprint density at radius 2 is 1.87 bits per heavy atom. The van der Waals surface area contributed by atoms with Crippen molar-refractivity contribution in [3.63, 3.8) is 0 Å². The quantitative estimate of drug-likeness (QED) is 0.810. The number of ether oxygens (including phenoxy) is 1. The Kier molecular flexibility index (Phi) is 5.50. The fourth-order valence-electron chi connectivity index (χ4n) is 3.74. The molecule has 2 aliphatic rings. The number of hydrogen-bond donors (Lipinski definition) is 1. The van der Waals surface area contributed by atoms with Gasteiger partial charge in [-0.05, 0) is 37.0 Å². The van der Waals surface area contributed by atoms with E-state index in [1.807, 2.05) is 0 Å². The number of hydrogen-bond acceptors (Lipinski definition) is 3. The molecule has 0 aromatic carbocycles. The highest BCUT2D eigenvalue weighted by molar-refractivity contribution is 5.93. The predicted octanol–water partition coefficient (Wildman–Crippen LogP) is 2.25. The zero-order valence-electron chi connectivity index (χ0n) is 14.8. The Labute approximate surface area is 139 Å². The summed E-state index contributed by atoms with van der Waals surface area (Å²) in [6.45, 7) is 7.29. The fourth-order valence-corrected chi connectivity index (χ4v) is 3.74. The largest absolute Gasteiger partial charge is 0.380 e. The van der Waals surface area contributed by atoms with Crippen LogP contribution in [0.2, 0.25) is 0 Å². The molecule has 0 spiro atoms. The summed E-state index contributed by atoms with van der Waals surface area (Å²) in [5.41, 5.74) is 6.95. The Morgan fingerprint density at radius 1 is 1.26 bits per heavy atom. The third-order valence-electron chi connectivity index (χ3n) is 5.39. The van der Waals surface area contributed by atoms with Crippen LogP contribution < -0.4 is 5.73 Å². The van der Waals surface area contributed by atoms with Crippen LogP contribution in [0.4, 0.5) is 0 Å². The highest BCUT2D eigenvalue weighted by Crippen LogP contribution is 2.39. The summed E-state index contributed by atoms with van der Waals surface area (Å²) in [5.74, 6) is 0.156. The van der Waals surface area contributed by atoms with E-state index in [1.165, 1.54) is 5.57 Å². The lowest BCUT2D eigenvalue weighted by Gasteiger charge is -2.34. The number of rotatable bonds is 3. The van der Waals surface area contributed by atoms with Crippen molar-refractivity contribution in [1.29, 1.82) is 0 Å². The van der Waals surface area contributed by atoms with Crippen LogP contribution in [0.25, 0.3) is 0 Å². The van der Waals surface area contributed by atoms with E-state index in [1.54, 1.807) is 18.1 Å². The molecule has 0 aromatic rings. The van der Waals surface area contributed by atoms with Gasteiger partial charge in [-0.15, -0.1) is 0 Å². The molecule has 1 saturated heterocycles. The van der Waals surface area contributed by atoms with Crippen LogP contribution >= 0.6 is 0 Å². The van der Waals surface area contributed by atoms with E-state index in [0.29, 0.717) is 24.3 Å². The van der Waals surface area contributed by atoms with Gasteiger partial charge in [0.25, 0.3) is 0 Å². The van der Waals surface area contributed by atoms with Crippen LogP contribution in [0.5, 0.6) is 0 Å². The van der Waals surface area contributed by atoms with E-state index in [2.05, 4.69) is 20.8 Å². The van der Waals surface area contributed by atoms with E-state index < -0.39 is 11.9 Å². The fraction of sp³-hybridized carbons (Fsp3) is 0.778. The normalized spacial score (nSPS) is 28.8. The smallest absolute Gasteiger partial charge is 0.247 e. The molecule has 2 atom stereocenters. The molecule has 5 heteroatoms. The van der Waals surface area contributed by atoms with Gasteiger partial charge in [0.15, 0.2) is 0 Å². The minimum absolute atomic E-state index is 0.0995. The highest BCUT2D eigenvalue weighted by Gasteiger charge is 2.38. The first-order valence-electron chi connectivity index (χ1n) is 8.54. The first-order chi connectivity index (χ1) is 10.7. The van der Waals surface area contributed by atoms with Crippen molar-refractivity contribution in [2.75, 3.05) is 13.7 Å². The molecule has 0 bridgehead atoms. The molecule has 2 rings (SSSR count). The standard InChI is InChI=1S/C18H30N2O3/c1-18(2,3)13-7-5-12(6-8-13)9-16(21)20-11-14(23-4)10-15(20)17(19)22/h9,13-15H,5-8,10-11H2,1-4H3,(H2,19,22)/t13?,14-,15-/m0/s1. The molecular weight excluding hydrogens is 292 g/mol. The van der Waals surface area contributed by atoms with Crippen molar-refractivity contribution in [3.05, 3.63) is 11.6 Å². The molecular formula is C18H30N2O3. The zero-order valence-corrected chi connectivity index (χ0v) is 14.8. The van der Waals surface area contributed by atoms with E-state index >= 15 is 0 Å². The van der Waals surface area contributed by atoms with Crippen molar-refractivity contribution < 1.29 is 14.3 Å². The number of allylic oxidation sites excluding steroid dienone is 1. The minimum Gasteiger partial charge on any atom is -0.380 e. The Bertz CT molecular complexity index is 483. The van der Waals surface area contributed by atoms with Gasteiger partial charge in [-0.2, -0.15) is 0 Å². The number of carbonyl (C=O) groups excluding carboxylic acids is 2. The molecule has 0 aromatic heterocycles. The molecule has 1 saturated carbocycles. The topological polar surface area (TPSA) is 72.6 Å². The maximum absolute atomic E-state index is 12.6. The van der Waals surface area contributed by atoms with Gasteiger partial charge in [-0.1, -0.05) is 26.3 Å². The Balaban J connectivity index is 2.00.